The molecule has 1 heterocycles. The summed E-state index contributed by atoms with van der Waals surface area (Å²) in [7, 11) is 0. The Labute approximate surface area is 111 Å². The summed E-state index contributed by atoms with van der Waals surface area (Å²) in [6.07, 6.45) is 0.979. The summed E-state index contributed by atoms with van der Waals surface area (Å²) in [4.78, 5) is 0. The van der Waals surface area contributed by atoms with Crippen molar-refractivity contribution in [3.63, 3.8) is 0 Å². The fraction of sp³-hybridized carbons (Fsp3) is 0.538. The third-order valence-corrected chi connectivity index (χ3v) is 3.15. The molecule has 1 aromatic rings. The molecule has 0 spiro atoms. The number of hydrogen-bond donors (Lipinski definition) is 1. The zero-order chi connectivity index (χ0) is 12.5. The Bertz CT molecular complexity index is 413. The van der Waals surface area contributed by atoms with Crippen LogP contribution in [0.2, 0.25) is 0 Å². The second-order valence-electron chi connectivity index (χ2n) is 5.24. The first-order valence-corrected chi connectivity index (χ1v) is 6.58. The van der Waals surface area contributed by atoms with Crippen LogP contribution < -0.4 is 14.8 Å². The summed E-state index contributed by atoms with van der Waals surface area (Å²) in [5.41, 5.74) is 1.41. The highest BCUT2D eigenvalue weighted by Gasteiger charge is 2.18. The maximum Gasteiger partial charge on any atom is 0.231 e. The second-order valence-corrected chi connectivity index (χ2v) is 6.09. The molecule has 0 aliphatic carbocycles. The molecule has 0 radical (unpaired) electrons. The van der Waals surface area contributed by atoms with Crippen LogP contribution >= 0.6 is 15.9 Å². The first-order valence-electron chi connectivity index (χ1n) is 5.79. The Kier molecular flexibility index (Phi) is 3.64. The van der Waals surface area contributed by atoms with Gasteiger partial charge in [-0.3, -0.25) is 0 Å². The molecule has 1 aliphatic rings. The highest BCUT2D eigenvalue weighted by atomic mass is 79.9. The fourth-order valence-electron chi connectivity index (χ4n) is 1.75. The van der Waals surface area contributed by atoms with Gasteiger partial charge in [0.1, 0.15) is 0 Å². The number of hydrogen-bond acceptors (Lipinski definition) is 3. The van der Waals surface area contributed by atoms with Crippen LogP contribution in [0.4, 0.5) is 0 Å². The van der Waals surface area contributed by atoms with Gasteiger partial charge in [-0.1, -0.05) is 0 Å². The molecule has 0 fully saturated rings. The van der Waals surface area contributed by atoms with E-state index in [-0.39, 0.29) is 5.54 Å². The van der Waals surface area contributed by atoms with Crippen LogP contribution in [0.5, 0.6) is 11.5 Å². The van der Waals surface area contributed by atoms with Crippen LogP contribution in [0.15, 0.2) is 16.6 Å². The lowest BCUT2D eigenvalue weighted by Gasteiger charge is -2.20. The van der Waals surface area contributed by atoms with Crippen LogP contribution in [0.25, 0.3) is 0 Å². The van der Waals surface area contributed by atoms with Crippen molar-refractivity contribution >= 4 is 15.9 Å². The maximum absolute atomic E-state index is 5.39. The molecule has 0 aromatic heterocycles. The Morgan fingerprint density at radius 1 is 1.29 bits per heavy atom. The molecular formula is C13H18BrNO2. The Hall–Kier alpha value is -0.740. The lowest BCUT2D eigenvalue weighted by molar-refractivity contribution is 0.173. The third kappa shape index (κ3) is 3.36. The van der Waals surface area contributed by atoms with E-state index in [1.807, 2.05) is 0 Å². The highest BCUT2D eigenvalue weighted by Crippen LogP contribution is 2.39. The minimum Gasteiger partial charge on any atom is -0.454 e. The largest absolute Gasteiger partial charge is 0.454 e. The minimum atomic E-state index is 0.160. The van der Waals surface area contributed by atoms with Gasteiger partial charge in [0.15, 0.2) is 11.5 Å². The topological polar surface area (TPSA) is 30.5 Å². The third-order valence-electron chi connectivity index (χ3n) is 2.56. The number of nitrogens with one attached hydrogen (secondary N) is 1. The summed E-state index contributed by atoms with van der Waals surface area (Å²) >= 11 is 3.50. The molecule has 1 aliphatic heterocycles. The monoisotopic (exact) mass is 299 g/mol. The molecule has 17 heavy (non-hydrogen) atoms. The van der Waals surface area contributed by atoms with Gasteiger partial charge in [0.2, 0.25) is 6.79 Å². The van der Waals surface area contributed by atoms with Crippen LogP contribution in [-0.2, 0) is 6.42 Å². The van der Waals surface area contributed by atoms with Crippen molar-refractivity contribution in [2.75, 3.05) is 13.3 Å². The molecule has 4 heteroatoms. The van der Waals surface area contributed by atoms with Crippen molar-refractivity contribution < 1.29 is 9.47 Å². The molecule has 0 unspecified atom stereocenters. The molecule has 0 bridgehead atoms. The number of fused-ring (bicyclic) bond motifs is 1. The second kappa shape index (κ2) is 4.86. The molecule has 0 saturated heterocycles. The van der Waals surface area contributed by atoms with Crippen LogP contribution in [0.3, 0.4) is 0 Å². The molecule has 0 atom stereocenters. The molecule has 1 aromatic carbocycles. The van der Waals surface area contributed by atoms with E-state index in [9.17, 15) is 0 Å². The zero-order valence-electron chi connectivity index (χ0n) is 10.5. The van der Waals surface area contributed by atoms with Crippen molar-refractivity contribution in [3.05, 3.63) is 22.2 Å². The van der Waals surface area contributed by atoms with Gasteiger partial charge in [0.25, 0.3) is 0 Å². The van der Waals surface area contributed by atoms with Crippen LogP contribution in [-0.4, -0.2) is 18.9 Å². The SMILES string of the molecule is CC(C)(C)NCCc1cc(Br)c2c(c1)OCO2. The predicted octanol–water partition coefficient (Wildman–Crippen LogP) is 3.11. The van der Waals surface area contributed by atoms with Crippen molar-refractivity contribution in [3.8, 4) is 11.5 Å². The summed E-state index contributed by atoms with van der Waals surface area (Å²) in [6.45, 7) is 7.78. The van der Waals surface area contributed by atoms with E-state index in [2.05, 4.69) is 54.2 Å². The van der Waals surface area contributed by atoms with Crippen molar-refractivity contribution in [1.82, 2.24) is 5.32 Å². The predicted molar refractivity (Wildman–Crippen MR) is 71.7 cm³/mol. The quantitative estimate of drug-likeness (QED) is 0.930. The van der Waals surface area contributed by atoms with Crippen molar-refractivity contribution in [1.29, 1.82) is 0 Å². The average molecular weight is 300 g/mol. The van der Waals surface area contributed by atoms with Gasteiger partial charge in [-0.05, 0) is 67.4 Å². The number of ether oxygens (including phenoxy) is 2. The van der Waals surface area contributed by atoms with Crippen LogP contribution in [0.1, 0.15) is 26.3 Å². The highest BCUT2D eigenvalue weighted by molar-refractivity contribution is 9.10. The zero-order valence-corrected chi connectivity index (χ0v) is 12.1. The normalized spacial score (nSPS) is 14.1. The summed E-state index contributed by atoms with van der Waals surface area (Å²) in [5, 5.41) is 3.47. The van der Waals surface area contributed by atoms with Gasteiger partial charge in [-0.25, -0.2) is 0 Å². The summed E-state index contributed by atoms with van der Waals surface area (Å²) in [5.74, 6) is 1.66. The van der Waals surface area contributed by atoms with Crippen LogP contribution in [0, 0.1) is 0 Å². The summed E-state index contributed by atoms with van der Waals surface area (Å²) in [6, 6.07) is 4.15. The molecule has 1 N–H and O–H groups in total. The van der Waals surface area contributed by atoms with E-state index in [1.165, 1.54) is 5.56 Å². The van der Waals surface area contributed by atoms with Gasteiger partial charge in [0.05, 0.1) is 4.47 Å². The van der Waals surface area contributed by atoms with Crippen molar-refractivity contribution in [2.45, 2.75) is 32.7 Å². The van der Waals surface area contributed by atoms with Gasteiger partial charge >= 0.3 is 0 Å². The van der Waals surface area contributed by atoms with E-state index in [0.717, 1.165) is 28.9 Å². The Balaban J connectivity index is 2.00. The Morgan fingerprint density at radius 2 is 2.06 bits per heavy atom. The van der Waals surface area contributed by atoms with Gasteiger partial charge in [0, 0.05) is 5.54 Å². The van der Waals surface area contributed by atoms with E-state index in [4.69, 9.17) is 9.47 Å². The molecule has 0 saturated carbocycles. The smallest absolute Gasteiger partial charge is 0.231 e. The maximum atomic E-state index is 5.39. The molecule has 2 rings (SSSR count). The van der Waals surface area contributed by atoms with Gasteiger partial charge in [-0.2, -0.15) is 0 Å². The summed E-state index contributed by atoms with van der Waals surface area (Å²) < 4.78 is 11.7. The minimum absolute atomic E-state index is 0.160. The molecule has 3 nitrogen and oxygen atoms in total. The number of halogens is 1. The van der Waals surface area contributed by atoms with E-state index in [0.29, 0.717) is 6.79 Å². The van der Waals surface area contributed by atoms with Crippen molar-refractivity contribution in [2.24, 2.45) is 0 Å². The average Bonchev–Trinajstić information content (AvgIpc) is 2.64. The van der Waals surface area contributed by atoms with E-state index >= 15 is 0 Å². The van der Waals surface area contributed by atoms with E-state index < -0.39 is 0 Å². The first-order chi connectivity index (χ1) is 7.96. The fourth-order valence-corrected chi connectivity index (χ4v) is 2.35. The number of rotatable bonds is 3. The molecule has 0 amide bonds. The van der Waals surface area contributed by atoms with E-state index in [1.54, 1.807) is 0 Å². The lowest BCUT2D eigenvalue weighted by atomic mass is 10.1. The number of benzene rings is 1. The molecule has 94 valence electrons. The Morgan fingerprint density at radius 3 is 2.76 bits per heavy atom. The lowest BCUT2D eigenvalue weighted by Crippen LogP contribution is -2.37. The van der Waals surface area contributed by atoms with Gasteiger partial charge < -0.3 is 14.8 Å². The first kappa shape index (κ1) is 12.7. The standard InChI is InChI=1S/C13H18BrNO2/c1-13(2,3)15-5-4-9-6-10(14)12-11(7-9)16-8-17-12/h6-7,15H,4-5,8H2,1-3H3. The molecular weight excluding hydrogens is 282 g/mol. The van der Waals surface area contributed by atoms with Gasteiger partial charge in [-0.15, -0.1) is 0 Å².